The van der Waals surface area contributed by atoms with Gasteiger partial charge in [-0.15, -0.1) is 0 Å². The van der Waals surface area contributed by atoms with E-state index in [2.05, 4.69) is 20.4 Å². The molecule has 1 aliphatic rings. The summed E-state index contributed by atoms with van der Waals surface area (Å²) in [4.78, 5) is 34.7. The van der Waals surface area contributed by atoms with Crippen molar-refractivity contribution in [2.45, 2.75) is 59.0 Å². The molecule has 4 rings (SSSR count). The third-order valence-corrected chi connectivity index (χ3v) is 5.54. The van der Waals surface area contributed by atoms with E-state index in [1.165, 1.54) is 17.4 Å². The van der Waals surface area contributed by atoms with Crippen LogP contribution in [0.15, 0.2) is 35.5 Å². The molecule has 1 aliphatic carbocycles. The first-order chi connectivity index (χ1) is 14.4. The normalized spacial score (nSPS) is 14.2. The highest BCUT2D eigenvalue weighted by atomic mass is 16.2. The van der Waals surface area contributed by atoms with Crippen molar-refractivity contribution in [3.8, 4) is 0 Å². The van der Waals surface area contributed by atoms with E-state index in [0.717, 1.165) is 24.2 Å². The second-order valence-electron chi connectivity index (χ2n) is 7.96. The minimum atomic E-state index is -0.416. The Bertz CT molecular complexity index is 1120. The maximum absolute atomic E-state index is 13.1. The molecule has 0 bridgehead atoms. The van der Waals surface area contributed by atoms with E-state index in [-0.39, 0.29) is 17.7 Å². The van der Waals surface area contributed by atoms with Crippen LogP contribution in [-0.4, -0.2) is 30.2 Å². The van der Waals surface area contributed by atoms with E-state index < -0.39 is 5.91 Å². The number of pyridine rings is 1. The van der Waals surface area contributed by atoms with E-state index >= 15 is 0 Å². The van der Waals surface area contributed by atoms with Crippen molar-refractivity contribution in [2.24, 2.45) is 0 Å². The van der Waals surface area contributed by atoms with Gasteiger partial charge in [-0.3, -0.25) is 19.6 Å². The van der Waals surface area contributed by atoms with Gasteiger partial charge in [-0.25, -0.2) is 4.68 Å². The minimum absolute atomic E-state index is 0.134. The molecule has 8 nitrogen and oxygen atoms in total. The van der Waals surface area contributed by atoms with Crippen LogP contribution in [0.5, 0.6) is 0 Å². The van der Waals surface area contributed by atoms with Crippen LogP contribution in [0.2, 0.25) is 0 Å². The van der Waals surface area contributed by atoms with Crippen molar-refractivity contribution in [2.75, 3.05) is 5.32 Å². The zero-order valence-electron chi connectivity index (χ0n) is 17.6. The summed E-state index contributed by atoms with van der Waals surface area (Å²) in [6.07, 6.45) is 9.43. The molecule has 3 aromatic heterocycles. The molecule has 0 saturated heterocycles. The highest BCUT2D eigenvalue weighted by Gasteiger charge is 2.23. The van der Waals surface area contributed by atoms with Crippen LogP contribution < -0.4 is 10.9 Å². The molecule has 0 spiro atoms. The van der Waals surface area contributed by atoms with Gasteiger partial charge in [0.05, 0.1) is 35.9 Å². The van der Waals surface area contributed by atoms with E-state index in [4.69, 9.17) is 0 Å². The Hall–Kier alpha value is -3.29. The van der Waals surface area contributed by atoms with Crippen LogP contribution in [0.25, 0.3) is 0 Å². The molecule has 0 aliphatic heterocycles. The number of aryl methyl sites for hydroxylation is 3. The highest BCUT2D eigenvalue weighted by molar-refractivity contribution is 6.04. The number of aromatic nitrogens is 5. The topological polar surface area (TPSA) is 94.7 Å². The van der Waals surface area contributed by atoms with Gasteiger partial charge in [-0.05, 0) is 45.2 Å². The maximum Gasteiger partial charge on any atom is 0.264 e. The van der Waals surface area contributed by atoms with Gasteiger partial charge in [0.1, 0.15) is 11.4 Å². The van der Waals surface area contributed by atoms with Crippen molar-refractivity contribution in [1.82, 2.24) is 24.3 Å². The molecule has 0 radical (unpaired) electrons. The van der Waals surface area contributed by atoms with E-state index in [9.17, 15) is 9.59 Å². The fraction of sp³-hybridized carbons (Fsp3) is 0.409. The molecule has 30 heavy (non-hydrogen) atoms. The van der Waals surface area contributed by atoms with Crippen LogP contribution >= 0.6 is 0 Å². The van der Waals surface area contributed by atoms with Gasteiger partial charge < -0.3 is 9.88 Å². The van der Waals surface area contributed by atoms with Gasteiger partial charge in [0, 0.05) is 18.5 Å². The van der Waals surface area contributed by atoms with Gasteiger partial charge in [-0.1, -0.05) is 12.8 Å². The van der Waals surface area contributed by atoms with E-state index in [1.807, 2.05) is 24.6 Å². The Morgan fingerprint density at radius 2 is 1.90 bits per heavy atom. The van der Waals surface area contributed by atoms with Crippen LogP contribution in [-0.2, 0) is 6.54 Å². The summed E-state index contributed by atoms with van der Waals surface area (Å²) in [6, 6.07) is 3.93. The fourth-order valence-electron chi connectivity index (χ4n) is 3.96. The lowest BCUT2D eigenvalue weighted by molar-refractivity contribution is 0.102. The van der Waals surface area contributed by atoms with Crippen LogP contribution in [0.1, 0.15) is 64.7 Å². The second kappa shape index (κ2) is 8.22. The lowest BCUT2D eigenvalue weighted by atomic mass is 10.1. The van der Waals surface area contributed by atoms with Gasteiger partial charge in [0.2, 0.25) is 0 Å². The lowest BCUT2D eigenvalue weighted by Crippen LogP contribution is -2.31. The Morgan fingerprint density at radius 1 is 1.13 bits per heavy atom. The predicted molar refractivity (Wildman–Crippen MR) is 114 cm³/mol. The number of carbonyl (C=O) groups excluding carboxylic acids is 1. The first-order valence-electron chi connectivity index (χ1n) is 10.3. The molecule has 1 saturated carbocycles. The number of nitrogens with one attached hydrogen (secondary N) is 1. The standard InChI is InChI=1S/C22H26N6O2/c1-14-8-9-27(13-17-12-23-16(3)11-24-17)22(30)20(14)21(29)25-19-10-15(2)26-28(19)18-6-4-5-7-18/h8-12,18H,4-7,13H2,1-3H3,(H,25,29). The Kier molecular flexibility index (Phi) is 5.48. The number of nitrogens with zero attached hydrogens (tertiary/aromatic N) is 5. The van der Waals surface area contributed by atoms with Crippen molar-refractivity contribution in [3.63, 3.8) is 0 Å². The number of carbonyl (C=O) groups is 1. The summed E-state index contributed by atoms with van der Waals surface area (Å²) in [5, 5.41) is 7.49. The number of hydrogen-bond donors (Lipinski definition) is 1. The van der Waals surface area contributed by atoms with Gasteiger partial charge in [-0.2, -0.15) is 5.10 Å². The average molecular weight is 406 g/mol. The molecule has 0 atom stereocenters. The molecule has 3 heterocycles. The highest BCUT2D eigenvalue weighted by Crippen LogP contribution is 2.32. The number of amides is 1. The first kappa shape index (κ1) is 20.0. The Balaban J connectivity index is 1.61. The quantitative estimate of drug-likeness (QED) is 0.702. The summed E-state index contributed by atoms with van der Waals surface area (Å²) in [7, 11) is 0. The SMILES string of the molecule is Cc1cnc(Cn2ccc(C)c(C(=O)Nc3cc(C)nn3C3CCCC3)c2=O)cn1. The third-order valence-electron chi connectivity index (χ3n) is 5.54. The molecule has 3 aromatic rings. The number of hydrogen-bond acceptors (Lipinski definition) is 5. The summed E-state index contributed by atoms with van der Waals surface area (Å²) < 4.78 is 3.39. The van der Waals surface area contributed by atoms with Crippen molar-refractivity contribution < 1.29 is 4.79 Å². The van der Waals surface area contributed by atoms with Crippen LogP contribution in [0.3, 0.4) is 0 Å². The Morgan fingerprint density at radius 3 is 2.60 bits per heavy atom. The molecular weight excluding hydrogens is 380 g/mol. The smallest absolute Gasteiger partial charge is 0.264 e. The molecule has 1 amide bonds. The number of anilines is 1. The van der Waals surface area contributed by atoms with Crippen LogP contribution in [0, 0.1) is 20.8 Å². The van der Waals surface area contributed by atoms with Crippen LogP contribution in [0.4, 0.5) is 5.82 Å². The summed E-state index contributed by atoms with van der Waals surface area (Å²) >= 11 is 0. The average Bonchev–Trinajstić information content (AvgIpc) is 3.35. The molecule has 1 fully saturated rings. The third kappa shape index (κ3) is 4.03. The largest absolute Gasteiger partial charge is 0.309 e. The van der Waals surface area contributed by atoms with E-state index in [1.54, 1.807) is 31.6 Å². The zero-order valence-corrected chi connectivity index (χ0v) is 17.6. The molecule has 0 aromatic carbocycles. The van der Waals surface area contributed by atoms with E-state index in [0.29, 0.717) is 23.1 Å². The molecule has 1 N–H and O–H groups in total. The minimum Gasteiger partial charge on any atom is -0.309 e. The number of rotatable bonds is 5. The summed E-state index contributed by atoms with van der Waals surface area (Å²) in [5.74, 6) is 0.226. The molecule has 156 valence electrons. The predicted octanol–water partition coefficient (Wildman–Crippen LogP) is 3.18. The monoisotopic (exact) mass is 406 g/mol. The summed E-state index contributed by atoms with van der Waals surface area (Å²) in [5.41, 5.74) is 2.73. The first-order valence-corrected chi connectivity index (χ1v) is 10.3. The van der Waals surface area contributed by atoms with Gasteiger partial charge >= 0.3 is 0 Å². The Labute approximate surface area is 175 Å². The second-order valence-corrected chi connectivity index (χ2v) is 7.96. The fourth-order valence-corrected chi connectivity index (χ4v) is 3.96. The van der Waals surface area contributed by atoms with Crippen molar-refractivity contribution in [1.29, 1.82) is 0 Å². The maximum atomic E-state index is 13.1. The van der Waals surface area contributed by atoms with Crippen molar-refractivity contribution in [3.05, 3.63) is 69.3 Å². The molecule has 8 heteroatoms. The lowest BCUT2D eigenvalue weighted by Gasteiger charge is -2.15. The zero-order chi connectivity index (χ0) is 21.3. The van der Waals surface area contributed by atoms with Crippen molar-refractivity contribution >= 4 is 11.7 Å². The van der Waals surface area contributed by atoms with Gasteiger partial charge in [0.15, 0.2) is 0 Å². The molecule has 0 unspecified atom stereocenters. The summed E-state index contributed by atoms with van der Waals surface area (Å²) in [6.45, 7) is 5.79. The van der Waals surface area contributed by atoms with Gasteiger partial charge in [0.25, 0.3) is 11.5 Å². The molecular formula is C22H26N6O2.